The molecule has 3 fully saturated rings. The molecule has 8 heteroatoms. The molecule has 5 rings (SSSR count). The molecule has 3 aliphatic rings. The molecular weight excluding hydrogens is 438 g/mol. The summed E-state index contributed by atoms with van der Waals surface area (Å²) in [7, 11) is 0. The second kappa shape index (κ2) is 9.51. The third-order valence-electron chi connectivity index (χ3n) is 6.68. The van der Waals surface area contributed by atoms with Crippen molar-refractivity contribution in [3.8, 4) is 11.5 Å². The summed E-state index contributed by atoms with van der Waals surface area (Å²) in [6.45, 7) is 2.37. The van der Waals surface area contributed by atoms with Gasteiger partial charge >= 0.3 is 0 Å². The van der Waals surface area contributed by atoms with Gasteiger partial charge in [0.25, 0.3) is 0 Å². The minimum absolute atomic E-state index is 0. The molecule has 3 unspecified atom stereocenters. The molecule has 0 amide bonds. The van der Waals surface area contributed by atoms with Crippen molar-refractivity contribution in [3.63, 3.8) is 0 Å². The molecule has 2 heterocycles. The van der Waals surface area contributed by atoms with Crippen LogP contribution in [0.1, 0.15) is 32.1 Å². The van der Waals surface area contributed by atoms with Gasteiger partial charge in [-0.15, -0.1) is 12.4 Å². The number of ether oxygens (including phenoxy) is 2. The van der Waals surface area contributed by atoms with Gasteiger partial charge in [0.2, 0.25) is 0 Å². The van der Waals surface area contributed by atoms with E-state index in [0.717, 1.165) is 38.9 Å². The average molecular weight is 467 g/mol. The predicted molar refractivity (Wildman–Crippen MR) is 119 cm³/mol. The Bertz CT molecular complexity index is 930. The second-order valence-electron chi connectivity index (χ2n) is 8.89. The highest BCUT2D eigenvalue weighted by Gasteiger charge is 2.51. The number of nitrogens with zero attached hydrogens (tertiary/aromatic N) is 2. The summed E-state index contributed by atoms with van der Waals surface area (Å²) >= 11 is 0. The first-order chi connectivity index (χ1) is 15.0. The summed E-state index contributed by atoms with van der Waals surface area (Å²) in [6, 6.07) is 12.4. The van der Waals surface area contributed by atoms with Crippen molar-refractivity contribution in [1.29, 1.82) is 0 Å². The van der Waals surface area contributed by atoms with Gasteiger partial charge in [-0.1, -0.05) is 12.1 Å². The van der Waals surface area contributed by atoms with E-state index in [0.29, 0.717) is 24.3 Å². The zero-order chi connectivity index (χ0) is 21.4. The van der Waals surface area contributed by atoms with Crippen LogP contribution in [0.25, 0.3) is 0 Å². The van der Waals surface area contributed by atoms with E-state index in [9.17, 15) is 13.9 Å². The fraction of sp³-hybridized carbons (Fsp3) is 0.500. The first-order valence-electron chi connectivity index (χ1n) is 11.1. The highest BCUT2D eigenvalue weighted by molar-refractivity contribution is 5.85. The lowest BCUT2D eigenvalue weighted by atomic mass is 9.85. The van der Waals surface area contributed by atoms with E-state index in [1.165, 1.54) is 24.3 Å². The molecule has 5 nitrogen and oxygen atoms in total. The number of rotatable bonds is 6. The van der Waals surface area contributed by atoms with Crippen molar-refractivity contribution in [2.75, 3.05) is 19.6 Å². The van der Waals surface area contributed by atoms with E-state index >= 15 is 0 Å². The maximum atomic E-state index is 13.5. The quantitative estimate of drug-likeness (QED) is 0.691. The van der Waals surface area contributed by atoms with Crippen LogP contribution in [0.4, 0.5) is 8.78 Å². The molecule has 0 aromatic heterocycles. The molecular formula is C24H29ClF2N2O3. The van der Waals surface area contributed by atoms with Crippen LogP contribution in [0, 0.1) is 11.6 Å². The Labute approximate surface area is 193 Å². The lowest BCUT2D eigenvalue weighted by Crippen LogP contribution is -2.72. The van der Waals surface area contributed by atoms with Crippen LogP contribution in [-0.2, 0) is 0 Å². The highest BCUT2D eigenvalue weighted by atomic mass is 35.5. The minimum Gasteiger partial charge on any atom is -0.490 e. The SMILES string of the molecule is Cl.OC1(N2CCC2N2CC(Oc3cccc(F)c3)C2)CCCC(Oc2cccc(F)c2)C1. The number of benzene rings is 2. The van der Waals surface area contributed by atoms with Crippen molar-refractivity contribution in [3.05, 3.63) is 60.2 Å². The molecule has 1 aliphatic carbocycles. The van der Waals surface area contributed by atoms with Crippen LogP contribution >= 0.6 is 12.4 Å². The van der Waals surface area contributed by atoms with Gasteiger partial charge in [-0.05, 0) is 49.9 Å². The number of aliphatic hydroxyl groups is 1. The monoisotopic (exact) mass is 466 g/mol. The smallest absolute Gasteiger partial charge is 0.126 e. The zero-order valence-corrected chi connectivity index (χ0v) is 18.6. The van der Waals surface area contributed by atoms with Gasteiger partial charge < -0.3 is 14.6 Å². The third-order valence-corrected chi connectivity index (χ3v) is 6.68. The summed E-state index contributed by atoms with van der Waals surface area (Å²) in [5.74, 6) is 0.445. The summed E-state index contributed by atoms with van der Waals surface area (Å²) in [4.78, 5) is 4.48. The topological polar surface area (TPSA) is 45.2 Å². The summed E-state index contributed by atoms with van der Waals surface area (Å²) in [5.41, 5.74) is -0.909. The van der Waals surface area contributed by atoms with Crippen LogP contribution in [-0.4, -0.2) is 58.6 Å². The normalized spacial score (nSPS) is 28.8. The standard InChI is InChI=1S/C24H28F2N2O3.ClH/c25-17-4-1-6-19(12-17)30-21-8-3-10-24(29,14-21)28-11-9-23(28)27-15-22(16-27)31-20-7-2-5-18(26)13-20;/h1-2,4-7,12-13,21-23,29H,3,8-11,14-16H2;1H. The Morgan fingerprint density at radius 1 is 0.906 bits per heavy atom. The minimum atomic E-state index is -0.909. The molecule has 0 radical (unpaired) electrons. The summed E-state index contributed by atoms with van der Waals surface area (Å²) < 4.78 is 38.7. The maximum absolute atomic E-state index is 13.5. The average Bonchev–Trinajstić information content (AvgIpc) is 2.65. The van der Waals surface area contributed by atoms with Crippen molar-refractivity contribution in [2.24, 2.45) is 0 Å². The Kier molecular flexibility index (Phi) is 6.91. The molecule has 32 heavy (non-hydrogen) atoms. The Morgan fingerprint density at radius 2 is 1.53 bits per heavy atom. The van der Waals surface area contributed by atoms with Crippen LogP contribution in [0.3, 0.4) is 0 Å². The van der Waals surface area contributed by atoms with Crippen LogP contribution in [0.15, 0.2) is 48.5 Å². The van der Waals surface area contributed by atoms with E-state index < -0.39 is 5.72 Å². The number of likely N-dealkylation sites (tertiary alicyclic amines) is 2. The molecule has 2 aliphatic heterocycles. The first kappa shape index (κ1) is 23.2. The molecule has 3 atom stereocenters. The molecule has 1 saturated carbocycles. The van der Waals surface area contributed by atoms with E-state index in [2.05, 4.69) is 9.80 Å². The van der Waals surface area contributed by atoms with Crippen molar-refractivity contribution in [2.45, 2.75) is 56.2 Å². The number of hydrogen-bond donors (Lipinski definition) is 1. The third kappa shape index (κ3) is 4.86. The molecule has 2 saturated heterocycles. The highest BCUT2D eigenvalue weighted by Crippen LogP contribution is 2.40. The second-order valence-corrected chi connectivity index (χ2v) is 8.89. The molecule has 0 spiro atoms. The molecule has 174 valence electrons. The van der Waals surface area contributed by atoms with Crippen molar-refractivity contribution in [1.82, 2.24) is 9.80 Å². The van der Waals surface area contributed by atoms with Crippen molar-refractivity contribution >= 4 is 12.4 Å². The summed E-state index contributed by atoms with van der Waals surface area (Å²) in [5, 5.41) is 11.4. The largest absolute Gasteiger partial charge is 0.490 e. The van der Waals surface area contributed by atoms with E-state index in [-0.39, 0.29) is 42.4 Å². The Hall–Kier alpha value is -1.93. The van der Waals surface area contributed by atoms with Gasteiger partial charge in [-0.3, -0.25) is 9.80 Å². The maximum Gasteiger partial charge on any atom is 0.126 e. The molecule has 2 aromatic rings. The number of hydrogen-bond acceptors (Lipinski definition) is 5. The Morgan fingerprint density at radius 3 is 2.09 bits per heavy atom. The van der Waals surface area contributed by atoms with Gasteiger partial charge in [0, 0.05) is 38.2 Å². The van der Waals surface area contributed by atoms with Gasteiger partial charge in [-0.2, -0.15) is 0 Å². The fourth-order valence-corrected chi connectivity index (χ4v) is 5.03. The van der Waals surface area contributed by atoms with E-state index in [1.54, 1.807) is 24.3 Å². The number of halogens is 3. The predicted octanol–water partition coefficient (Wildman–Crippen LogP) is 4.19. The van der Waals surface area contributed by atoms with Gasteiger partial charge in [0.15, 0.2) is 0 Å². The fourth-order valence-electron chi connectivity index (χ4n) is 5.03. The van der Waals surface area contributed by atoms with Crippen LogP contribution in [0.2, 0.25) is 0 Å². The molecule has 2 aromatic carbocycles. The lowest BCUT2D eigenvalue weighted by molar-refractivity contribution is -0.239. The molecule has 1 N–H and O–H groups in total. The van der Waals surface area contributed by atoms with Crippen LogP contribution in [0.5, 0.6) is 11.5 Å². The molecule has 0 bridgehead atoms. The van der Waals surface area contributed by atoms with Gasteiger partial charge in [0.1, 0.15) is 41.1 Å². The lowest BCUT2D eigenvalue weighted by Gasteiger charge is -2.59. The van der Waals surface area contributed by atoms with Crippen LogP contribution < -0.4 is 9.47 Å². The van der Waals surface area contributed by atoms with Gasteiger partial charge in [-0.25, -0.2) is 8.78 Å². The Balaban J connectivity index is 0.00000245. The van der Waals surface area contributed by atoms with E-state index in [1.807, 2.05) is 0 Å². The van der Waals surface area contributed by atoms with Crippen molar-refractivity contribution < 1.29 is 23.4 Å². The van der Waals surface area contributed by atoms with E-state index in [4.69, 9.17) is 9.47 Å². The summed E-state index contributed by atoms with van der Waals surface area (Å²) in [6.07, 6.45) is 4.03. The first-order valence-corrected chi connectivity index (χ1v) is 11.1. The zero-order valence-electron chi connectivity index (χ0n) is 17.8. The van der Waals surface area contributed by atoms with Gasteiger partial charge in [0.05, 0.1) is 6.17 Å².